The molecule has 0 aliphatic rings. The fraction of sp³-hybridized carbons (Fsp3) is 0.158. The first kappa shape index (κ1) is 19.4. The highest BCUT2D eigenvalue weighted by Crippen LogP contribution is 2.47. The average Bonchev–Trinajstić information content (AvgIpc) is 2.65. The number of aliphatic hydroxyl groups excluding tert-OH is 1. The van der Waals surface area contributed by atoms with E-state index >= 15 is 0 Å². The Balaban J connectivity index is 2.26. The number of aromatic hydroxyl groups is 1. The number of halogens is 4. The molecule has 0 saturated carbocycles. The van der Waals surface area contributed by atoms with Crippen LogP contribution in [0.3, 0.4) is 0 Å². The highest BCUT2D eigenvalue weighted by Gasteiger charge is 2.20. The molecule has 3 aromatic carbocycles. The summed E-state index contributed by atoms with van der Waals surface area (Å²) >= 11 is 24.5. The lowest BCUT2D eigenvalue weighted by atomic mass is 9.95. The summed E-state index contributed by atoms with van der Waals surface area (Å²) in [6.07, 6.45) is -0.767. The Morgan fingerprint density at radius 1 is 1.00 bits per heavy atom. The maximum atomic E-state index is 10.5. The van der Waals surface area contributed by atoms with Crippen LogP contribution < -0.4 is 5.32 Å². The second kappa shape index (κ2) is 8.12. The lowest BCUT2D eigenvalue weighted by Crippen LogP contribution is -2.21. The van der Waals surface area contributed by atoms with Crippen LogP contribution in [-0.2, 0) is 0 Å². The molecule has 0 heterocycles. The molecular formula is C19H15Cl4NO2. The maximum Gasteiger partial charge on any atom is 0.124 e. The molecule has 3 rings (SSSR count). The molecule has 1 unspecified atom stereocenters. The van der Waals surface area contributed by atoms with Crippen molar-refractivity contribution in [2.45, 2.75) is 6.10 Å². The van der Waals surface area contributed by atoms with E-state index in [0.29, 0.717) is 16.8 Å². The van der Waals surface area contributed by atoms with Crippen LogP contribution in [0, 0.1) is 0 Å². The second-order valence-corrected chi connectivity index (χ2v) is 7.25. The molecule has 0 bridgehead atoms. The predicted octanol–water partition coefficient (Wildman–Crippen LogP) is 6.18. The largest absolute Gasteiger partial charge is 0.507 e. The first-order chi connectivity index (χ1) is 12.4. The number of hydrogen-bond donors (Lipinski definition) is 3. The van der Waals surface area contributed by atoms with E-state index in [1.807, 2.05) is 30.3 Å². The van der Waals surface area contributed by atoms with E-state index in [0.717, 1.165) is 10.8 Å². The van der Waals surface area contributed by atoms with Gasteiger partial charge in [0.2, 0.25) is 0 Å². The Kier molecular flexibility index (Phi) is 6.06. The molecular weight excluding hydrogens is 416 g/mol. The van der Waals surface area contributed by atoms with E-state index < -0.39 is 6.10 Å². The Morgan fingerprint density at radius 3 is 2.46 bits per heavy atom. The van der Waals surface area contributed by atoms with Crippen LogP contribution in [0.5, 0.6) is 5.75 Å². The van der Waals surface area contributed by atoms with Gasteiger partial charge in [0.1, 0.15) is 5.75 Å². The number of hydrogen-bond acceptors (Lipinski definition) is 3. The van der Waals surface area contributed by atoms with Gasteiger partial charge < -0.3 is 15.5 Å². The minimum Gasteiger partial charge on any atom is -0.507 e. The third kappa shape index (κ3) is 3.68. The Morgan fingerprint density at radius 2 is 1.73 bits per heavy atom. The van der Waals surface area contributed by atoms with Crippen molar-refractivity contribution in [1.82, 2.24) is 0 Å². The summed E-state index contributed by atoms with van der Waals surface area (Å²) in [6, 6.07) is 12.7. The van der Waals surface area contributed by atoms with E-state index in [-0.39, 0.29) is 33.2 Å². The first-order valence-corrected chi connectivity index (χ1v) is 9.47. The summed E-state index contributed by atoms with van der Waals surface area (Å²) in [6.45, 7) is 0.166. The normalized spacial score (nSPS) is 12.3. The Hall–Kier alpha value is -1.36. The van der Waals surface area contributed by atoms with Gasteiger partial charge >= 0.3 is 0 Å². The molecule has 0 spiro atoms. The minimum absolute atomic E-state index is 0.0702. The molecule has 0 radical (unpaired) electrons. The third-order valence-electron chi connectivity index (χ3n) is 4.03. The molecule has 0 saturated heterocycles. The molecule has 3 nitrogen and oxygen atoms in total. The van der Waals surface area contributed by atoms with Crippen molar-refractivity contribution in [3.8, 4) is 16.9 Å². The lowest BCUT2D eigenvalue weighted by Gasteiger charge is -2.19. The van der Waals surface area contributed by atoms with Gasteiger partial charge in [-0.05, 0) is 22.9 Å². The molecule has 0 aliphatic heterocycles. The number of aliphatic hydroxyl groups is 1. The van der Waals surface area contributed by atoms with Gasteiger partial charge in [-0.1, -0.05) is 65.1 Å². The zero-order valence-corrected chi connectivity index (χ0v) is 16.5. The summed E-state index contributed by atoms with van der Waals surface area (Å²) < 4.78 is 0. The Bertz CT molecular complexity index is 962. The van der Waals surface area contributed by atoms with Crippen LogP contribution in [0.2, 0.25) is 15.1 Å². The van der Waals surface area contributed by atoms with Gasteiger partial charge in [0, 0.05) is 17.7 Å². The van der Waals surface area contributed by atoms with Gasteiger partial charge in [-0.15, -0.1) is 11.6 Å². The molecule has 0 fully saturated rings. The minimum atomic E-state index is -0.767. The highest BCUT2D eigenvalue weighted by molar-refractivity contribution is 6.49. The van der Waals surface area contributed by atoms with E-state index in [1.54, 1.807) is 12.1 Å². The van der Waals surface area contributed by atoms with Gasteiger partial charge in [-0.25, -0.2) is 0 Å². The number of nitrogens with one attached hydrogen (secondary N) is 1. The van der Waals surface area contributed by atoms with Crippen molar-refractivity contribution >= 4 is 62.9 Å². The predicted molar refractivity (Wildman–Crippen MR) is 111 cm³/mol. The van der Waals surface area contributed by atoms with Gasteiger partial charge in [-0.3, -0.25) is 0 Å². The van der Waals surface area contributed by atoms with Gasteiger partial charge in [0.15, 0.2) is 0 Å². The zero-order chi connectivity index (χ0) is 18.8. The average molecular weight is 431 g/mol. The fourth-order valence-corrected chi connectivity index (χ4v) is 3.56. The van der Waals surface area contributed by atoms with E-state index in [1.165, 1.54) is 0 Å². The van der Waals surface area contributed by atoms with E-state index in [2.05, 4.69) is 5.32 Å². The molecule has 136 valence electrons. The van der Waals surface area contributed by atoms with Gasteiger partial charge in [-0.2, -0.15) is 0 Å². The number of anilines is 1. The number of phenolic OH excluding ortho intramolecular Hbond substituents is 1. The number of rotatable bonds is 5. The summed E-state index contributed by atoms with van der Waals surface area (Å²) in [4.78, 5) is 0. The monoisotopic (exact) mass is 429 g/mol. The molecule has 0 aromatic heterocycles. The van der Waals surface area contributed by atoms with Crippen LogP contribution in [0.4, 0.5) is 5.69 Å². The summed E-state index contributed by atoms with van der Waals surface area (Å²) in [5.74, 6) is 0.153. The van der Waals surface area contributed by atoms with Crippen molar-refractivity contribution < 1.29 is 10.2 Å². The summed E-state index contributed by atoms with van der Waals surface area (Å²) in [7, 11) is 0. The van der Waals surface area contributed by atoms with E-state index in [4.69, 9.17) is 46.4 Å². The van der Waals surface area contributed by atoms with Crippen molar-refractivity contribution in [3.63, 3.8) is 0 Å². The third-order valence-corrected chi connectivity index (χ3v) is 5.65. The van der Waals surface area contributed by atoms with Crippen LogP contribution in [0.25, 0.3) is 21.9 Å². The van der Waals surface area contributed by atoms with Crippen molar-refractivity contribution in [2.75, 3.05) is 17.7 Å². The molecule has 3 N–H and O–H groups in total. The zero-order valence-electron chi connectivity index (χ0n) is 13.4. The lowest BCUT2D eigenvalue weighted by molar-refractivity contribution is 0.211. The fourth-order valence-electron chi connectivity index (χ4n) is 2.78. The summed E-state index contributed by atoms with van der Waals surface area (Å²) in [5.41, 5.74) is 1.63. The topological polar surface area (TPSA) is 52.5 Å². The smallest absolute Gasteiger partial charge is 0.124 e. The van der Waals surface area contributed by atoms with E-state index in [9.17, 15) is 10.2 Å². The number of fused-ring (bicyclic) bond motifs is 1. The summed E-state index contributed by atoms with van der Waals surface area (Å²) in [5, 5.41) is 25.9. The molecule has 7 heteroatoms. The highest BCUT2D eigenvalue weighted by atomic mass is 35.5. The van der Waals surface area contributed by atoms with Gasteiger partial charge in [0.25, 0.3) is 0 Å². The molecule has 26 heavy (non-hydrogen) atoms. The molecule has 1 atom stereocenters. The quantitative estimate of drug-likeness (QED) is 0.334. The SMILES string of the molecule is Oc1ccc2ccccc2c1-c1cc(Cl)c(Cl)c(Cl)c1NCC(O)CCl. The van der Waals surface area contributed by atoms with Crippen LogP contribution >= 0.6 is 46.4 Å². The standard InChI is InChI=1S/C19H15Cl4NO2/c20-8-11(25)9-24-19-13(7-14(21)17(22)18(19)23)16-12-4-2-1-3-10(12)5-6-15(16)26/h1-7,11,24-26H,8-9H2. The Labute approximate surface area is 171 Å². The van der Waals surface area contributed by atoms with Crippen molar-refractivity contribution in [1.29, 1.82) is 0 Å². The molecule has 3 aromatic rings. The van der Waals surface area contributed by atoms with Crippen LogP contribution in [-0.4, -0.2) is 28.7 Å². The van der Waals surface area contributed by atoms with Crippen molar-refractivity contribution in [3.05, 3.63) is 57.5 Å². The second-order valence-electron chi connectivity index (χ2n) is 5.78. The number of benzene rings is 3. The van der Waals surface area contributed by atoms with Crippen molar-refractivity contribution in [2.24, 2.45) is 0 Å². The number of alkyl halides is 1. The number of phenols is 1. The maximum absolute atomic E-state index is 10.5. The van der Waals surface area contributed by atoms with Crippen LogP contribution in [0.15, 0.2) is 42.5 Å². The van der Waals surface area contributed by atoms with Gasteiger partial charge in [0.05, 0.1) is 32.7 Å². The molecule has 0 aliphatic carbocycles. The molecule has 0 amide bonds. The first-order valence-electron chi connectivity index (χ1n) is 7.80. The van der Waals surface area contributed by atoms with Crippen LogP contribution in [0.1, 0.15) is 0 Å².